The lowest BCUT2D eigenvalue weighted by Crippen LogP contribution is -2.40. The number of carbonyl (C=O) groups is 1. The molecule has 4 nitrogen and oxygen atoms in total. The second-order valence-corrected chi connectivity index (χ2v) is 6.99. The average Bonchev–Trinajstić information content (AvgIpc) is 3.21. The molecule has 5 heteroatoms. The van der Waals surface area contributed by atoms with E-state index in [1.54, 1.807) is 11.3 Å². The van der Waals surface area contributed by atoms with Crippen LogP contribution in [0.1, 0.15) is 27.6 Å². The van der Waals surface area contributed by atoms with Crippen LogP contribution >= 0.6 is 11.3 Å². The minimum atomic E-state index is 0.186. The number of morpholine rings is 1. The molecule has 1 aromatic heterocycles. The summed E-state index contributed by atoms with van der Waals surface area (Å²) in [6.45, 7) is 4.73. The molecular formula is C17H20N2O2S. The third kappa shape index (κ3) is 2.43. The summed E-state index contributed by atoms with van der Waals surface area (Å²) < 4.78 is 6.60. The zero-order valence-electron chi connectivity index (χ0n) is 12.5. The van der Waals surface area contributed by atoms with Gasteiger partial charge in [0.15, 0.2) is 0 Å². The summed E-state index contributed by atoms with van der Waals surface area (Å²) in [5, 5.41) is 4.69. The molecule has 0 spiro atoms. The first kappa shape index (κ1) is 14.2. The van der Waals surface area contributed by atoms with Gasteiger partial charge in [0, 0.05) is 24.3 Å². The first-order chi connectivity index (χ1) is 10.8. The predicted molar refractivity (Wildman–Crippen MR) is 88.8 cm³/mol. The van der Waals surface area contributed by atoms with Gasteiger partial charge in [-0.15, -0.1) is 11.3 Å². The zero-order valence-corrected chi connectivity index (χ0v) is 13.3. The molecule has 3 heterocycles. The van der Waals surface area contributed by atoms with Gasteiger partial charge in [0.05, 0.1) is 18.1 Å². The highest BCUT2D eigenvalue weighted by Gasteiger charge is 2.29. The molecule has 1 amide bonds. The van der Waals surface area contributed by atoms with E-state index in [4.69, 9.17) is 4.74 Å². The molecule has 1 N–H and O–H groups in total. The Labute approximate surface area is 134 Å². The molecule has 0 bridgehead atoms. The number of fused-ring (bicyclic) bond motifs is 1. The number of benzene rings is 1. The monoisotopic (exact) mass is 316 g/mol. The van der Waals surface area contributed by atoms with E-state index in [-0.39, 0.29) is 5.91 Å². The molecule has 0 radical (unpaired) electrons. The molecule has 116 valence electrons. The normalized spacial score (nSPS) is 22.4. The Bertz CT molecular complexity index is 685. The number of hydrogen-bond acceptors (Lipinski definition) is 4. The lowest BCUT2D eigenvalue weighted by Gasteiger charge is -2.27. The van der Waals surface area contributed by atoms with Crippen molar-refractivity contribution in [2.75, 3.05) is 39.4 Å². The first-order valence-electron chi connectivity index (χ1n) is 7.94. The van der Waals surface area contributed by atoms with E-state index in [9.17, 15) is 4.79 Å². The fraction of sp³-hybridized carbons (Fsp3) is 0.471. The maximum Gasteiger partial charge on any atom is 0.264 e. The number of nitrogens with zero attached hydrogens (tertiary/aromatic N) is 1. The Kier molecular flexibility index (Phi) is 3.86. The van der Waals surface area contributed by atoms with Crippen LogP contribution in [0.3, 0.4) is 0 Å². The Hall–Kier alpha value is -1.43. The molecule has 0 saturated carbocycles. The summed E-state index contributed by atoms with van der Waals surface area (Å²) in [4.78, 5) is 15.9. The lowest BCUT2D eigenvalue weighted by molar-refractivity contribution is 0.0305. The minimum absolute atomic E-state index is 0.186. The smallest absolute Gasteiger partial charge is 0.264 e. The van der Waals surface area contributed by atoms with Crippen LogP contribution in [0.15, 0.2) is 24.3 Å². The molecule has 2 fully saturated rings. The summed E-state index contributed by atoms with van der Waals surface area (Å²) in [6, 6.07) is 8.42. The molecule has 0 unspecified atom stereocenters. The van der Waals surface area contributed by atoms with Gasteiger partial charge in [0.25, 0.3) is 5.91 Å². The van der Waals surface area contributed by atoms with Crippen LogP contribution in [-0.2, 0) is 4.74 Å². The Morgan fingerprint density at radius 2 is 2.09 bits per heavy atom. The predicted octanol–water partition coefficient (Wildman–Crippen LogP) is 2.45. The summed E-state index contributed by atoms with van der Waals surface area (Å²) in [6.07, 6.45) is 1.12. The molecule has 1 aromatic carbocycles. The third-order valence-electron chi connectivity index (χ3n) is 4.59. The zero-order chi connectivity index (χ0) is 14.9. The summed E-state index contributed by atoms with van der Waals surface area (Å²) in [7, 11) is 0. The van der Waals surface area contributed by atoms with Crippen LogP contribution in [0, 0.1) is 0 Å². The van der Waals surface area contributed by atoms with E-state index in [2.05, 4.69) is 29.6 Å². The highest BCUT2D eigenvalue weighted by atomic mass is 32.1. The number of carbonyl (C=O) groups excluding carboxylic acids is 1. The standard InChI is InChI=1S/C17H20N2O2S/c20-17(19-7-9-21-10-8-19)16-15(12-5-6-18-11-12)13-3-1-2-4-14(13)22-16/h1-4,12,18H,5-11H2/t12-/m0/s1. The molecular weight excluding hydrogens is 296 g/mol. The molecule has 4 rings (SSSR count). The van der Waals surface area contributed by atoms with Crippen molar-refractivity contribution in [3.05, 3.63) is 34.7 Å². The second kappa shape index (κ2) is 5.99. The van der Waals surface area contributed by atoms with Crippen LogP contribution in [-0.4, -0.2) is 50.2 Å². The molecule has 1 atom stereocenters. The second-order valence-electron chi connectivity index (χ2n) is 5.94. The largest absolute Gasteiger partial charge is 0.378 e. The number of nitrogens with one attached hydrogen (secondary N) is 1. The number of ether oxygens (including phenoxy) is 1. The van der Waals surface area contributed by atoms with Gasteiger partial charge < -0.3 is 15.0 Å². The maximum absolute atomic E-state index is 13.0. The van der Waals surface area contributed by atoms with Crippen LogP contribution in [0.5, 0.6) is 0 Å². The highest BCUT2D eigenvalue weighted by molar-refractivity contribution is 7.21. The Balaban J connectivity index is 1.78. The van der Waals surface area contributed by atoms with Crippen LogP contribution in [0.4, 0.5) is 0 Å². The quantitative estimate of drug-likeness (QED) is 0.925. The lowest BCUT2D eigenvalue weighted by atomic mass is 9.95. The van der Waals surface area contributed by atoms with Crippen LogP contribution in [0.25, 0.3) is 10.1 Å². The van der Waals surface area contributed by atoms with Gasteiger partial charge in [0.2, 0.25) is 0 Å². The number of hydrogen-bond donors (Lipinski definition) is 1. The number of rotatable bonds is 2. The molecule has 2 aliphatic heterocycles. The SMILES string of the molecule is O=C(c1sc2ccccc2c1[C@H]1CCNC1)N1CCOCC1. The van der Waals surface area contributed by atoms with E-state index in [1.807, 2.05) is 4.90 Å². The summed E-state index contributed by atoms with van der Waals surface area (Å²) in [5.41, 5.74) is 1.27. The first-order valence-corrected chi connectivity index (χ1v) is 8.75. The summed E-state index contributed by atoms with van der Waals surface area (Å²) >= 11 is 1.65. The van der Waals surface area contributed by atoms with Crippen molar-refractivity contribution in [3.63, 3.8) is 0 Å². The fourth-order valence-electron chi connectivity index (χ4n) is 3.44. The van der Waals surface area contributed by atoms with Crippen molar-refractivity contribution in [2.24, 2.45) is 0 Å². The molecule has 2 aliphatic rings. The van der Waals surface area contributed by atoms with Crippen LogP contribution < -0.4 is 5.32 Å². The third-order valence-corrected chi connectivity index (χ3v) is 5.77. The van der Waals surface area contributed by atoms with Crippen molar-refractivity contribution in [1.82, 2.24) is 10.2 Å². The number of thiophene rings is 1. The van der Waals surface area contributed by atoms with Crippen molar-refractivity contribution >= 4 is 27.3 Å². The topological polar surface area (TPSA) is 41.6 Å². The molecule has 2 aromatic rings. The van der Waals surface area contributed by atoms with Crippen molar-refractivity contribution in [2.45, 2.75) is 12.3 Å². The van der Waals surface area contributed by atoms with E-state index < -0.39 is 0 Å². The average molecular weight is 316 g/mol. The maximum atomic E-state index is 13.0. The van der Waals surface area contributed by atoms with Crippen molar-refractivity contribution in [3.8, 4) is 0 Å². The molecule has 2 saturated heterocycles. The van der Waals surface area contributed by atoms with E-state index >= 15 is 0 Å². The minimum Gasteiger partial charge on any atom is -0.378 e. The van der Waals surface area contributed by atoms with Gasteiger partial charge in [0.1, 0.15) is 0 Å². The molecule has 22 heavy (non-hydrogen) atoms. The highest BCUT2D eigenvalue weighted by Crippen LogP contribution is 2.39. The van der Waals surface area contributed by atoms with Crippen molar-refractivity contribution < 1.29 is 9.53 Å². The number of amides is 1. The van der Waals surface area contributed by atoms with Gasteiger partial charge in [-0.25, -0.2) is 0 Å². The van der Waals surface area contributed by atoms with Gasteiger partial charge in [-0.1, -0.05) is 18.2 Å². The van der Waals surface area contributed by atoms with Gasteiger partial charge in [-0.3, -0.25) is 4.79 Å². The van der Waals surface area contributed by atoms with Crippen molar-refractivity contribution in [1.29, 1.82) is 0 Å². The van der Waals surface area contributed by atoms with Crippen LogP contribution in [0.2, 0.25) is 0 Å². The Morgan fingerprint density at radius 1 is 1.27 bits per heavy atom. The fourth-order valence-corrected chi connectivity index (χ4v) is 4.70. The van der Waals surface area contributed by atoms with Gasteiger partial charge in [-0.05, 0) is 35.9 Å². The Morgan fingerprint density at radius 3 is 2.86 bits per heavy atom. The summed E-state index contributed by atoms with van der Waals surface area (Å²) in [5.74, 6) is 0.641. The van der Waals surface area contributed by atoms with E-state index in [0.717, 1.165) is 24.4 Å². The van der Waals surface area contributed by atoms with Gasteiger partial charge >= 0.3 is 0 Å². The van der Waals surface area contributed by atoms with E-state index in [0.29, 0.717) is 32.2 Å². The van der Waals surface area contributed by atoms with E-state index in [1.165, 1.54) is 15.6 Å². The van der Waals surface area contributed by atoms with Gasteiger partial charge in [-0.2, -0.15) is 0 Å². The molecule has 0 aliphatic carbocycles.